The molecule has 0 spiro atoms. The largest absolute Gasteiger partial charge is 0.490 e. The fraction of sp³-hybridized carbons (Fsp3) is 0.600. The van der Waals surface area contributed by atoms with Gasteiger partial charge in [0.05, 0.1) is 35.8 Å². The van der Waals surface area contributed by atoms with Crippen molar-refractivity contribution < 1.29 is 28.5 Å². The highest BCUT2D eigenvalue weighted by molar-refractivity contribution is 5.73. The lowest BCUT2D eigenvalue weighted by atomic mass is 9.92. The van der Waals surface area contributed by atoms with Crippen LogP contribution in [0.4, 0.5) is 0 Å². The Kier molecular flexibility index (Phi) is 10.2. The van der Waals surface area contributed by atoms with E-state index in [1.54, 1.807) is 0 Å². The Balaban J connectivity index is 0.000000188. The van der Waals surface area contributed by atoms with Gasteiger partial charge in [-0.3, -0.25) is 9.59 Å². The number of benzene rings is 2. The number of ether oxygens (including phenoxy) is 4. The van der Waals surface area contributed by atoms with E-state index in [2.05, 4.69) is 12.1 Å². The minimum Gasteiger partial charge on any atom is -0.490 e. The van der Waals surface area contributed by atoms with Crippen LogP contribution in [0.1, 0.15) is 115 Å². The van der Waals surface area contributed by atoms with Gasteiger partial charge in [0, 0.05) is 12.8 Å². The predicted molar refractivity (Wildman–Crippen MR) is 181 cm³/mol. The molecule has 2 heterocycles. The first-order chi connectivity index (χ1) is 22.6. The van der Waals surface area contributed by atoms with Crippen molar-refractivity contribution in [3.63, 3.8) is 0 Å². The number of rotatable bonds is 8. The van der Waals surface area contributed by atoms with Gasteiger partial charge in [0.15, 0.2) is 0 Å². The molecule has 2 aromatic carbocycles. The van der Waals surface area contributed by atoms with Crippen LogP contribution in [0, 0.1) is 33.5 Å². The van der Waals surface area contributed by atoms with Crippen LogP contribution in [0.15, 0.2) is 36.4 Å². The van der Waals surface area contributed by atoms with Gasteiger partial charge in [-0.05, 0) is 127 Å². The average Bonchev–Trinajstić information content (AvgIpc) is 3.93. The Morgan fingerprint density at radius 1 is 0.708 bits per heavy atom. The Labute approximate surface area is 285 Å². The zero-order valence-corrected chi connectivity index (χ0v) is 29.4. The molecule has 0 unspecified atom stereocenters. The van der Waals surface area contributed by atoms with Crippen LogP contribution in [0.5, 0.6) is 11.5 Å². The summed E-state index contributed by atoms with van der Waals surface area (Å²) < 4.78 is 22.9. The molecule has 0 radical (unpaired) electrons. The van der Waals surface area contributed by atoms with Crippen molar-refractivity contribution in [2.24, 2.45) is 10.8 Å². The Morgan fingerprint density at radius 3 is 1.40 bits per heavy atom. The maximum atomic E-state index is 12.0. The zero-order valence-electron chi connectivity index (χ0n) is 29.4. The molecule has 0 amide bonds. The maximum absolute atomic E-state index is 12.0. The number of aryl methyl sites for hydroxylation is 2. The van der Waals surface area contributed by atoms with Gasteiger partial charge in [0.1, 0.15) is 34.9 Å². The van der Waals surface area contributed by atoms with Crippen LogP contribution >= 0.6 is 0 Å². The van der Waals surface area contributed by atoms with E-state index in [9.17, 15) is 20.1 Å². The summed E-state index contributed by atoms with van der Waals surface area (Å²) in [6.07, 6.45) is 10.3. The van der Waals surface area contributed by atoms with E-state index >= 15 is 0 Å². The summed E-state index contributed by atoms with van der Waals surface area (Å²) >= 11 is 0. The molecule has 2 atom stereocenters. The van der Waals surface area contributed by atoms with Gasteiger partial charge in [-0.15, -0.1) is 0 Å². The maximum Gasteiger partial charge on any atom is 0.310 e. The highest BCUT2D eigenvalue weighted by Gasteiger charge is 2.46. The molecule has 48 heavy (non-hydrogen) atoms. The van der Waals surface area contributed by atoms with Crippen LogP contribution < -0.4 is 9.47 Å². The third-order valence-corrected chi connectivity index (χ3v) is 9.26. The second kappa shape index (κ2) is 13.8. The van der Waals surface area contributed by atoms with Crippen molar-refractivity contribution in [2.45, 2.75) is 142 Å². The molecule has 0 bridgehead atoms. The molecule has 2 fully saturated rings. The summed E-state index contributed by atoms with van der Waals surface area (Å²) in [5.41, 5.74) is 3.05. The smallest absolute Gasteiger partial charge is 0.310 e. The van der Waals surface area contributed by atoms with E-state index in [0.29, 0.717) is 0 Å². The molecule has 0 N–H and O–H groups in total. The fourth-order valence-electron chi connectivity index (χ4n) is 6.49. The summed E-state index contributed by atoms with van der Waals surface area (Å²) in [7, 11) is 0. The molecule has 4 aliphatic rings. The second-order valence-corrected chi connectivity index (χ2v) is 16.2. The van der Waals surface area contributed by atoms with E-state index in [4.69, 9.17) is 18.9 Å². The summed E-state index contributed by atoms with van der Waals surface area (Å²) in [5.74, 6) is 1.38. The van der Waals surface area contributed by atoms with Crippen molar-refractivity contribution in [2.75, 3.05) is 0 Å². The Bertz CT molecular complexity index is 1470. The molecule has 6 rings (SSSR count). The van der Waals surface area contributed by atoms with Gasteiger partial charge in [-0.25, -0.2) is 0 Å². The Hall–Kier alpha value is -4.04. The number of fused-ring (bicyclic) bond motifs is 2. The number of nitrogens with zero attached hydrogens (tertiary/aromatic N) is 2. The summed E-state index contributed by atoms with van der Waals surface area (Å²) in [6.45, 7) is 11.2. The number of esters is 2. The van der Waals surface area contributed by atoms with Crippen molar-refractivity contribution in [3.05, 3.63) is 58.7 Å². The number of carbonyl (C=O) groups is 2. The minimum atomic E-state index is -0.457. The van der Waals surface area contributed by atoms with Crippen molar-refractivity contribution in [1.29, 1.82) is 10.5 Å². The molecular formula is C40H50N2O6. The predicted octanol–water partition coefficient (Wildman–Crippen LogP) is 7.92. The van der Waals surface area contributed by atoms with E-state index < -0.39 is 11.2 Å². The van der Waals surface area contributed by atoms with Gasteiger partial charge < -0.3 is 18.9 Å². The van der Waals surface area contributed by atoms with Crippen molar-refractivity contribution in [1.82, 2.24) is 0 Å². The molecule has 8 heteroatoms. The van der Waals surface area contributed by atoms with Gasteiger partial charge in [-0.2, -0.15) is 10.5 Å². The van der Waals surface area contributed by atoms with Crippen LogP contribution in [0.25, 0.3) is 0 Å². The molecule has 2 aromatic rings. The first-order valence-electron chi connectivity index (χ1n) is 17.4. The third kappa shape index (κ3) is 9.99. The summed E-state index contributed by atoms with van der Waals surface area (Å²) in [6, 6.07) is 16.7. The van der Waals surface area contributed by atoms with Crippen molar-refractivity contribution in [3.8, 4) is 23.6 Å². The Morgan fingerprint density at radius 2 is 1.08 bits per heavy atom. The van der Waals surface area contributed by atoms with E-state index in [1.165, 1.54) is 0 Å². The van der Waals surface area contributed by atoms with E-state index in [0.717, 1.165) is 98.0 Å². The lowest BCUT2D eigenvalue weighted by Crippen LogP contribution is -2.26. The molecule has 2 saturated carbocycles. The van der Waals surface area contributed by atoms with Crippen molar-refractivity contribution >= 4 is 11.9 Å². The number of carbonyl (C=O) groups excluding carboxylic acids is 2. The molecule has 2 aliphatic carbocycles. The molecule has 256 valence electrons. The first-order valence-corrected chi connectivity index (χ1v) is 17.4. The SMILES string of the molecule is CC(C)(C)OC(=O)Cc1ccc2c(c1)CC[C@@H](CC1(C#N)CC1)O2.CC(C)(C)OC(=O)Cc1ccc2c(c1)CC[C@H](CC1(C#N)CC1)O2. The average molecular weight is 655 g/mol. The topological polar surface area (TPSA) is 119 Å². The lowest BCUT2D eigenvalue weighted by molar-refractivity contribution is -0.155. The molecule has 0 saturated heterocycles. The number of hydrogen-bond donors (Lipinski definition) is 0. The van der Waals surface area contributed by atoms with Crippen LogP contribution in [0.2, 0.25) is 0 Å². The van der Waals surface area contributed by atoms with Crippen LogP contribution in [-0.4, -0.2) is 35.3 Å². The van der Waals surface area contributed by atoms with Gasteiger partial charge in [0.25, 0.3) is 0 Å². The number of nitriles is 2. The summed E-state index contributed by atoms with van der Waals surface area (Å²) in [4.78, 5) is 23.9. The molecule has 8 nitrogen and oxygen atoms in total. The highest BCUT2D eigenvalue weighted by atomic mass is 16.6. The second-order valence-electron chi connectivity index (χ2n) is 16.2. The minimum absolute atomic E-state index is 0.126. The van der Waals surface area contributed by atoms with E-state index in [-0.39, 0.29) is 47.8 Å². The zero-order chi connectivity index (χ0) is 34.7. The van der Waals surface area contributed by atoms with Crippen LogP contribution in [0.3, 0.4) is 0 Å². The quantitative estimate of drug-likeness (QED) is 0.264. The normalized spacial score (nSPS) is 21.2. The standard InChI is InChI=1S/2C20H25NO3/c2*1-19(2,3)24-18(22)11-14-4-7-17-15(10-14)5-6-16(23-17)12-20(13-21)8-9-20/h2*4,7,10,16H,5-6,8-9,11-12H2,1-3H3/t2*16-/m10/s1. The molecule has 2 aliphatic heterocycles. The molecule has 0 aromatic heterocycles. The highest BCUT2D eigenvalue weighted by Crippen LogP contribution is 2.51. The fourth-order valence-corrected chi connectivity index (χ4v) is 6.49. The lowest BCUT2D eigenvalue weighted by Gasteiger charge is -2.28. The van der Waals surface area contributed by atoms with Gasteiger partial charge >= 0.3 is 11.9 Å². The molecular weight excluding hydrogens is 604 g/mol. The van der Waals surface area contributed by atoms with Gasteiger partial charge in [-0.1, -0.05) is 24.3 Å². The monoisotopic (exact) mass is 654 g/mol. The number of hydrogen-bond acceptors (Lipinski definition) is 8. The summed E-state index contributed by atoms with van der Waals surface area (Å²) in [5, 5.41) is 18.5. The third-order valence-electron chi connectivity index (χ3n) is 9.26. The van der Waals surface area contributed by atoms with E-state index in [1.807, 2.05) is 77.9 Å². The first kappa shape index (κ1) is 35.3. The van der Waals surface area contributed by atoms with Gasteiger partial charge in [0.2, 0.25) is 0 Å². The van der Waals surface area contributed by atoms with Crippen LogP contribution in [-0.2, 0) is 44.7 Å².